The molecule has 0 aliphatic carbocycles. The zero-order valence-corrected chi connectivity index (χ0v) is 9.17. The molecule has 1 heterocycles. The van der Waals surface area contributed by atoms with Gasteiger partial charge in [0.2, 0.25) is 0 Å². The summed E-state index contributed by atoms with van der Waals surface area (Å²) < 4.78 is 13.5. The van der Waals surface area contributed by atoms with Gasteiger partial charge in [-0.15, -0.1) is 0 Å². The number of benzene rings is 1. The molecule has 2 N–H and O–H groups in total. The van der Waals surface area contributed by atoms with Gasteiger partial charge in [-0.3, -0.25) is 4.90 Å². The number of likely N-dealkylation sites (tertiary alicyclic amines) is 1. The maximum absolute atomic E-state index is 13.5. The van der Waals surface area contributed by atoms with Gasteiger partial charge in [0.25, 0.3) is 0 Å². The van der Waals surface area contributed by atoms with Crippen LogP contribution in [0.3, 0.4) is 0 Å². The average Bonchev–Trinajstić information content (AvgIpc) is 2.16. The lowest BCUT2D eigenvalue weighted by Gasteiger charge is -2.40. The minimum atomic E-state index is -0.231. The van der Waals surface area contributed by atoms with Crippen LogP contribution in [0.5, 0.6) is 0 Å². The number of halogens is 2. The van der Waals surface area contributed by atoms with E-state index in [2.05, 4.69) is 4.90 Å². The van der Waals surface area contributed by atoms with Gasteiger partial charge in [-0.1, -0.05) is 17.7 Å². The summed E-state index contributed by atoms with van der Waals surface area (Å²) >= 11 is 5.95. The van der Waals surface area contributed by atoms with Crippen molar-refractivity contribution in [3.05, 3.63) is 34.6 Å². The molecule has 2 nitrogen and oxygen atoms in total. The van der Waals surface area contributed by atoms with Crippen LogP contribution in [-0.2, 0) is 6.54 Å². The maximum Gasteiger partial charge on any atom is 0.129 e. The third-order valence-corrected chi connectivity index (χ3v) is 3.32. The second-order valence-electron chi connectivity index (χ2n) is 3.85. The fourth-order valence-electron chi connectivity index (χ4n) is 1.86. The highest BCUT2D eigenvalue weighted by molar-refractivity contribution is 6.31. The molecule has 4 heteroatoms. The lowest BCUT2D eigenvalue weighted by Crippen LogP contribution is -2.51. The molecule has 1 unspecified atom stereocenters. The summed E-state index contributed by atoms with van der Waals surface area (Å²) in [5, 5.41) is 0.498. The monoisotopic (exact) mass is 228 g/mol. The van der Waals surface area contributed by atoms with E-state index in [0.29, 0.717) is 29.7 Å². The van der Waals surface area contributed by atoms with Crippen LogP contribution in [0.15, 0.2) is 18.2 Å². The summed E-state index contributed by atoms with van der Waals surface area (Å²) in [6, 6.07) is 5.17. The molecule has 15 heavy (non-hydrogen) atoms. The van der Waals surface area contributed by atoms with E-state index < -0.39 is 0 Å². The number of nitrogens with zero attached hydrogens (tertiary/aromatic N) is 1. The van der Waals surface area contributed by atoms with Crippen LogP contribution in [0.2, 0.25) is 5.02 Å². The minimum absolute atomic E-state index is 0.231. The molecule has 1 aliphatic rings. The van der Waals surface area contributed by atoms with Gasteiger partial charge in [0.1, 0.15) is 5.82 Å². The van der Waals surface area contributed by atoms with Gasteiger partial charge in [0.05, 0.1) is 0 Å². The van der Waals surface area contributed by atoms with Crippen LogP contribution in [0, 0.1) is 5.82 Å². The summed E-state index contributed by atoms with van der Waals surface area (Å²) in [4.78, 5) is 2.16. The number of hydrogen-bond acceptors (Lipinski definition) is 2. The van der Waals surface area contributed by atoms with Crippen molar-refractivity contribution in [3.8, 4) is 0 Å². The van der Waals surface area contributed by atoms with E-state index >= 15 is 0 Å². The summed E-state index contributed by atoms with van der Waals surface area (Å²) in [5.41, 5.74) is 6.17. The smallest absolute Gasteiger partial charge is 0.129 e. The molecule has 0 saturated carbocycles. The first kappa shape index (κ1) is 10.9. The van der Waals surface area contributed by atoms with Crippen molar-refractivity contribution in [2.45, 2.75) is 19.0 Å². The molecule has 1 saturated heterocycles. The average molecular weight is 229 g/mol. The van der Waals surface area contributed by atoms with Crippen molar-refractivity contribution in [2.24, 2.45) is 5.73 Å². The largest absolute Gasteiger partial charge is 0.329 e. The van der Waals surface area contributed by atoms with Crippen molar-refractivity contribution >= 4 is 11.6 Å². The second-order valence-corrected chi connectivity index (χ2v) is 4.26. The lowest BCUT2D eigenvalue weighted by molar-refractivity contribution is 0.0869. The van der Waals surface area contributed by atoms with E-state index in [4.69, 9.17) is 17.3 Å². The number of hydrogen-bond donors (Lipinski definition) is 1. The van der Waals surface area contributed by atoms with E-state index in [1.807, 2.05) is 0 Å². The van der Waals surface area contributed by atoms with Gasteiger partial charge in [0, 0.05) is 36.3 Å². The molecule has 1 aliphatic heterocycles. The Balaban J connectivity index is 2.10. The normalized spacial score (nSPS) is 21.4. The van der Waals surface area contributed by atoms with Crippen LogP contribution >= 0.6 is 11.6 Å². The zero-order valence-electron chi connectivity index (χ0n) is 8.42. The predicted octanol–water partition coefficient (Wildman–Crippen LogP) is 2.01. The molecule has 2 rings (SSSR count). The highest BCUT2D eigenvalue weighted by atomic mass is 35.5. The van der Waals surface area contributed by atoms with Gasteiger partial charge >= 0.3 is 0 Å². The Morgan fingerprint density at radius 2 is 2.33 bits per heavy atom. The standard InChI is InChI=1S/C11H14ClFN2/c12-10-2-1-3-11(13)9(10)7-15-5-4-8(15)6-14/h1-3,8H,4-7,14H2. The molecule has 82 valence electrons. The second kappa shape index (κ2) is 4.47. The summed E-state index contributed by atoms with van der Waals surface area (Å²) in [5.74, 6) is -0.231. The van der Waals surface area contributed by atoms with Gasteiger partial charge in [-0.25, -0.2) is 4.39 Å². The topological polar surface area (TPSA) is 29.3 Å². The van der Waals surface area contributed by atoms with Crippen molar-refractivity contribution in [1.82, 2.24) is 4.90 Å². The summed E-state index contributed by atoms with van der Waals surface area (Å²) in [6.07, 6.45) is 1.10. The molecule has 0 aromatic heterocycles. The Bertz CT molecular complexity index is 334. The van der Waals surface area contributed by atoms with Crippen LogP contribution in [0.1, 0.15) is 12.0 Å². The molecular weight excluding hydrogens is 215 g/mol. The third-order valence-electron chi connectivity index (χ3n) is 2.96. The highest BCUT2D eigenvalue weighted by Crippen LogP contribution is 2.25. The SMILES string of the molecule is NCC1CCN1Cc1c(F)cccc1Cl. The molecule has 0 bridgehead atoms. The van der Waals surface area contributed by atoms with Crippen LogP contribution in [0.25, 0.3) is 0 Å². The zero-order chi connectivity index (χ0) is 10.8. The van der Waals surface area contributed by atoms with E-state index in [0.717, 1.165) is 13.0 Å². The molecule has 0 radical (unpaired) electrons. The minimum Gasteiger partial charge on any atom is -0.329 e. The molecule has 1 aromatic rings. The first-order valence-electron chi connectivity index (χ1n) is 5.09. The van der Waals surface area contributed by atoms with Crippen LogP contribution in [-0.4, -0.2) is 24.0 Å². The van der Waals surface area contributed by atoms with Crippen molar-refractivity contribution in [1.29, 1.82) is 0 Å². The molecule has 1 atom stereocenters. The van der Waals surface area contributed by atoms with E-state index in [-0.39, 0.29) is 5.82 Å². The molecule has 0 spiro atoms. The molecule has 0 amide bonds. The Hall–Kier alpha value is -0.640. The molecule has 1 aromatic carbocycles. The first-order chi connectivity index (χ1) is 7.22. The Morgan fingerprint density at radius 3 is 2.87 bits per heavy atom. The summed E-state index contributed by atoms with van der Waals surface area (Å²) in [7, 11) is 0. The predicted molar refractivity (Wildman–Crippen MR) is 59.3 cm³/mol. The number of rotatable bonds is 3. The van der Waals surface area contributed by atoms with Crippen LogP contribution in [0.4, 0.5) is 4.39 Å². The van der Waals surface area contributed by atoms with Crippen LogP contribution < -0.4 is 5.73 Å². The quantitative estimate of drug-likeness (QED) is 0.858. The summed E-state index contributed by atoms with van der Waals surface area (Å²) in [6.45, 7) is 2.17. The Labute approximate surface area is 93.8 Å². The van der Waals surface area contributed by atoms with E-state index in [1.54, 1.807) is 12.1 Å². The van der Waals surface area contributed by atoms with Gasteiger partial charge < -0.3 is 5.73 Å². The van der Waals surface area contributed by atoms with Gasteiger partial charge in [0.15, 0.2) is 0 Å². The fraction of sp³-hybridized carbons (Fsp3) is 0.455. The highest BCUT2D eigenvalue weighted by Gasteiger charge is 2.27. The Morgan fingerprint density at radius 1 is 1.53 bits per heavy atom. The van der Waals surface area contributed by atoms with E-state index in [9.17, 15) is 4.39 Å². The van der Waals surface area contributed by atoms with Crippen molar-refractivity contribution < 1.29 is 4.39 Å². The fourth-order valence-corrected chi connectivity index (χ4v) is 2.08. The number of nitrogens with two attached hydrogens (primary N) is 1. The Kier molecular flexibility index (Phi) is 3.24. The third kappa shape index (κ3) is 2.14. The van der Waals surface area contributed by atoms with Crippen molar-refractivity contribution in [2.75, 3.05) is 13.1 Å². The van der Waals surface area contributed by atoms with Gasteiger partial charge in [-0.2, -0.15) is 0 Å². The first-order valence-corrected chi connectivity index (χ1v) is 5.47. The molecular formula is C11H14ClFN2. The van der Waals surface area contributed by atoms with Crippen molar-refractivity contribution in [3.63, 3.8) is 0 Å². The molecule has 1 fully saturated rings. The maximum atomic E-state index is 13.5. The van der Waals surface area contributed by atoms with E-state index in [1.165, 1.54) is 6.07 Å². The van der Waals surface area contributed by atoms with Gasteiger partial charge in [-0.05, 0) is 18.6 Å². The lowest BCUT2D eigenvalue weighted by atomic mass is 10.0.